The highest BCUT2D eigenvalue weighted by molar-refractivity contribution is 5.87. The van der Waals surface area contributed by atoms with Crippen LogP contribution in [0.2, 0.25) is 0 Å². The molecule has 0 atom stereocenters. The molecular formula is C26H36N2. The van der Waals surface area contributed by atoms with E-state index in [0.29, 0.717) is 23.7 Å². The van der Waals surface area contributed by atoms with Crippen molar-refractivity contribution in [1.82, 2.24) is 10.2 Å². The van der Waals surface area contributed by atoms with E-state index in [2.05, 4.69) is 114 Å². The van der Waals surface area contributed by atoms with Gasteiger partial charge in [-0.1, -0.05) is 104 Å². The first kappa shape index (κ1) is 22.1. The largest absolute Gasteiger partial charge is 0.154 e. The molecule has 0 saturated heterocycles. The molecule has 1 heterocycles. The zero-order valence-electron chi connectivity index (χ0n) is 18.8. The molecule has 0 saturated carbocycles. The molecule has 150 valence electrons. The standard InChI is InChI=1S/C14H18N2.C12H18/c1-9(2)13-11-7-5-6-8-12(11)14(10(3)4)16-15-13;1-9(2)11-5-7-12(8-6-11)10(3)4/h5-10H,1-4H3;5-10H,1-4H3. The normalized spacial score (nSPS) is 11.4. The molecule has 0 aliphatic rings. The van der Waals surface area contributed by atoms with Crippen LogP contribution in [0.15, 0.2) is 48.5 Å². The molecule has 0 aliphatic carbocycles. The summed E-state index contributed by atoms with van der Waals surface area (Å²) in [4.78, 5) is 0. The van der Waals surface area contributed by atoms with Gasteiger partial charge in [0.2, 0.25) is 0 Å². The molecular weight excluding hydrogens is 340 g/mol. The van der Waals surface area contributed by atoms with Crippen molar-refractivity contribution in [2.45, 2.75) is 79.1 Å². The fraction of sp³-hybridized carbons (Fsp3) is 0.462. The Morgan fingerprint density at radius 2 is 0.786 bits per heavy atom. The highest BCUT2D eigenvalue weighted by atomic mass is 15.1. The summed E-state index contributed by atoms with van der Waals surface area (Å²) in [5.74, 6) is 2.12. The Morgan fingerprint density at radius 1 is 0.464 bits per heavy atom. The van der Waals surface area contributed by atoms with Crippen LogP contribution in [-0.2, 0) is 0 Å². The van der Waals surface area contributed by atoms with Crippen molar-refractivity contribution in [3.05, 3.63) is 71.0 Å². The van der Waals surface area contributed by atoms with Crippen LogP contribution >= 0.6 is 0 Å². The van der Waals surface area contributed by atoms with E-state index in [0.717, 1.165) is 11.4 Å². The predicted molar refractivity (Wildman–Crippen MR) is 122 cm³/mol. The summed E-state index contributed by atoms with van der Waals surface area (Å²) in [6, 6.07) is 17.4. The number of rotatable bonds is 4. The molecule has 0 radical (unpaired) electrons. The van der Waals surface area contributed by atoms with Gasteiger partial charge in [-0.05, 0) is 34.8 Å². The molecule has 28 heavy (non-hydrogen) atoms. The second-order valence-corrected chi connectivity index (χ2v) is 8.80. The third-order valence-electron chi connectivity index (χ3n) is 5.11. The van der Waals surface area contributed by atoms with Crippen molar-refractivity contribution in [1.29, 1.82) is 0 Å². The van der Waals surface area contributed by atoms with E-state index >= 15 is 0 Å². The number of nitrogens with zero attached hydrogens (tertiary/aromatic N) is 2. The molecule has 3 rings (SSSR count). The minimum atomic E-state index is 0.415. The first-order chi connectivity index (χ1) is 13.2. The highest BCUT2D eigenvalue weighted by Crippen LogP contribution is 2.27. The Morgan fingerprint density at radius 3 is 1.04 bits per heavy atom. The Labute approximate surface area is 171 Å². The van der Waals surface area contributed by atoms with E-state index in [1.54, 1.807) is 0 Å². The average Bonchev–Trinajstić information content (AvgIpc) is 2.67. The number of aromatic nitrogens is 2. The van der Waals surface area contributed by atoms with Crippen molar-refractivity contribution < 1.29 is 0 Å². The maximum Gasteiger partial charge on any atom is 0.0734 e. The summed E-state index contributed by atoms with van der Waals surface area (Å²) in [6.07, 6.45) is 0. The van der Waals surface area contributed by atoms with Crippen LogP contribution in [0.4, 0.5) is 0 Å². The van der Waals surface area contributed by atoms with Gasteiger partial charge in [0.15, 0.2) is 0 Å². The highest BCUT2D eigenvalue weighted by Gasteiger charge is 2.13. The van der Waals surface area contributed by atoms with Crippen LogP contribution < -0.4 is 0 Å². The van der Waals surface area contributed by atoms with Gasteiger partial charge in [0.25, 0.3) is 0 Å². The fourth-order valence-corrected chi connectivity index (χ4v) is 3.26. The van der Waals surface area contributed by atoms with Gasteiger partial charge in [-0.15, -0.1) is 0 Å². The number of benzene rings is 2. The van der Waals surface area contributed by atoms with Crippen LogP contribution in [0.5, 0.6) is 0 Å². The molecule has 0 bridgehead atoms. The van der Waals surface area contributed by atoms with Crippen molar-refractivity contribution >= 4 is 10.8 Å². The number of hydrogen-bond donors (Lipinski definition) is 0. The molecule has 2 nitrogen and oxygen atoms in total. The Kier molecular flexibility index (Phi) is 7.74. The van der Waals surface area contributed by atoms with Gasteiger partial charge < -0.3 is 0 Å². The molecule has 1 aromatic heterocycles. The van der Waals surface area contributed by atoms with Gasteiger partial charge in [0, 0.05) is 10.8 Å². The summed E-state index contributed by atoms with van der Waals surface area (Å²) in [5, 5.41) is 11.2. The van der Waals surface area contributed by atoms with Crippen LogP contribution in [-0.4, -0.2) is 10.2 Å². The molecule has 0 aliphatic heterocycles. The second kappa shape index (κ2) is 9.82. The van der Waals surface area contributed by atoms with Crippen molar-refractivity contribution in [3.8, 4) is 0 Å². The molecule has 0 amide bonds. The third kappa shape index (κ3) is 5.41. The van der Waals surface area contributed by atoms with Gasteiger partial charge in [-0.2, -0.15) is 10.2 Å². The summed E-state index contributed by atoms with van der Waals surface area (Å²) < 4.78 is 0. The van der Waals surface area contributed by atoms with E-state index in [1.165, 1.54) is 21.9 Å². The lowest BCUT2D eigenvalue weighted by molar-refractivity contribution is 0.750. The first-order valence-corrected chi connectivity index (χ1v) is 10.6. The average molecular weight is 377 g/mol. The Bertz CT molecular complexity index is 801. The summed E-state index contributed by atoms with van der Waals surface area (Å²) >= 11 is 0. The van der Waals surface area contributed by atoms with E-state index in [-0.39, 0.29) is 0 Å². The second-order valence-electron chi connectivity index (χ2n) is 8.80. The van der Waals surface area contributed by atoms with Crippen molar-refractivity contribution in [2.75, 3.05) is 0 Å². The SMILES string of the molecule is CC(C)c1ccc(C(C)C)cc1.CC(C)c1nnc(C(C)C)c2ccccc12. The molecule has 0 unspecified atom stereocenters. The minimum Gasteiger partial charge on any atom is -0.154 e. The van der Waals surface area contributed by atoms with E-state index in [1.807, 2.05) is 0 Å². The van der Waals surface area contributed by atoms with Gasteiger partial charge >= 0.3 is 0 Å². The quantitative estimate of drug-likeness (QED) is 0.464. The molecule has 0 fully saturated rings. The lowest BCUT2D eigenvalue weighted by Gasteiger charge is -2.12. The summed E-state index contributed by atoms with van der Waals surface area (Å²) in [6.45, 7) is 17.5. The minimum absolute atomic E-state index is 0.415. The zero-order chi connectivity index (χ0) is 20.8. The smallest absolute Gasteiger partial charge is 0.0734 e. The maximum atomic E-state index is 4.38. The zero-order valence-corrected chi connectivity index (χ0v) is 18.8. The molecule has 2 heteroatoms. The van der Waals surface area contributed by atoms with E-state index < -0.39 is 0 Å². The molecule has 0 N–H and O–H groups in total. The van der Waals surface area contributed by atoms with Crippen molar-refractivity contribution in [2.24, 2.45) is 0 Å². The summed E-state index contributed by atoms with van der Waals surface area (Å²) in [7, 11) is 0. The molecule has 3 aromatic rings. The lowest BCUT2D eigenvalue weighted by Crippen LogP contribution is -2.03. The lowest BCUT2D eigenvalue weighted by atomic mass is 9.97. The van der Waals surface area contributed by atoms with E-state index in [4.69, 9.17) is 0 Å². The van der Waals surface area contributed by atoms with Crippen molar-refractivity contribution in [3.63, 3.8) is 0 Å². The van der Waals surface area contributed by atoms with Gasteiger partial charge in [-0.25, -0.2) is 0 Å². The van der Waals surface area contributed by atoms with Gasteiger partial charge in [-0.3, -0.25) is 0 Å². The predicted octanol–water partition coefficient (Wildman–Crippen LogP) is 7.81. The number of fused-ring (bicyclic) bond motifs is 1. The van der Waals surface area contributed by atoms with Crippen LogP contribution in [0.3, 0.4) is 0 Å². The molecule has 2 aromatic carbocycles. The Balaban J connectivity index is 0.000000209. The van der Waals surface area contributed by atoms with Crippen LogP contribution in [0, 0.1) is 0 Å². The van der Waals surface area contributed by atoms with E-state index in [9.17, 15) is 0 Å². The topological polar surface area (TPSA) is 25.8 Å². The van der Waals surface area contributed by atoms with Gasteiger partial charge in [0.05, 0.1) is 11.4 Å². The monoisotopic (exact) mass is 376 g/mol. The van der Waals surface area contributed by atoms with Crippen LogP contribution in [0.1, 0.15) is 102 Å². The van der Waals surface area contributed by atoms with Crippen LogP contribution in [0.25, 0.3) is 10.8 Å². The Hall–Kier alpha value is -2.22. The first-order valence-electron chi connectivity index (χ1n) is 10.6. The molecule has 0 spiro atoms. The van der Waals surface area contributed by atoms with Gasteiger partial charge in [0.1, 0.15) is 0 Å². The summed E-state index contributed by atoms with van der Waals surface area (Å²) in [5.41, 5.74) is 5.05. The number of hydrogen-bond acceptors (Lipinski definition) is 2. The third-order valence-corrected chi connectivity index (χ3v) is 5.11. The maximum absolute atomic E-state index is 4.38. The fourth-order valence-electron chi connectivity index (χ4n) is 3.26.